The summed E-state index contributed by atoms with van der Waals surface area (Å²) in [5.41, 5.74) is 2.41. The molecule has 0 saturated carbocycles. The van der Waals surface area contributed by atoms with Gasteiger partial charge in [-0.25, -0.2) is 8.42 Å². The van der Waals surface area contributed by atoms with Crippen LogP contribution in [0.2, 0.25) is 0 Å². The summed E-state index contributed by atoms with van der Waals surface area (Å²) < 4.78 is 41.5. The second-order valence-electron chi connectivity index (χ2n) is 6.61. The summed E-state index contributed by atoms with van der Waals surface area (Å²) in [6.45, 7) is 2.88. The number of nitrogens with one attached hydrogen (secondary N) is 1. The molecule has 0 spiro atoms. The van der Waals surface area contributed by atoms with Crippen LogP contribution in [0.3, 0.4) is 0 Å². The highest BCUT2D eigenvalue weighted by Gasteiger charge is 2.19. The zero-order valence-electron chi connectivity index (χ0n) is 16.5. The van der Waals surface area contributed by atoms with E-state index in [9.17, 15) is 8.42 Å². The van der Waals surface area contributed by atoms with E-state index in [1.165, 1.54) is 14.2 Å². The fraction of sp³-hybridized carbons (Fsp3) is 0.182. The van der Waals surface area contributed by atoms with Gasteiger partial charge in [0.2, 0.25) is 0 Å². The Hall–Kier alpha value is -3.19. The first-order valence-electron chi connectivity index (χ1n) is 9.24. The molecular weight excluding hydrogens is 388 g/mol. The number of hydrogen-bond donors (Lipinski definition) is 1. The van der Waals surface area contributed by atoms with E-state index in [1.54, 1.807) is 30.3 Å². The maximum Gasteiger partial charge on any atom is 0.262 e. The van der Waals surface area contributed by atoms with Crippen molar-refractivity contribution >= 4 is 37.5 Å². The molecule has 0 bridgehead atoms. The molecule has 0 aliphatic carbocycles. The zero-order valence-corrected chi connectivity index (χ0v) is 17.3. The van der Waals surface area contributed by atoms with Gasteiger partial charge in [0.25, 0.3) is 10.0 Å². The molecule has 1 N–H and O–H groups in total. The summed E-state index contributed by atoms with van der Waals surface area (Å²) in [4.78, 5) is 0.189. The Morgan fingerprint density at radius 1 is 0.897 bits per heavy atom. The number of aromatic nitrogens is 1. The minimum Gasteiger partial charge on any atom is -0.497 e. The Morgan fingerprint density at radius 3 is 2.38 bits per heavy atom. The SMILES string of the molecule is CCn1c2ccccc2c2cc(S(=O)(=O)Nc3cc(OC)ccc3OC)ccc21. The van der Waals surface area contributed by atoms with E-state index in [0.717, 1.165) is 28.4 Å². The molecule has 0 saturated heterocycles. The summed E-state index contributed by atoms with van der Waals surface area (Å²) >= 11 is 0. The van der Waals surface area contributed by atoms with Crippen molar-refractivity contribution < 1.29 is 17.9 Å². The second kappa shape index (κ2) is 7.33. The van der Waals surface area contributed by atoms with Gasteiger partial charge in [-0.05, 0) is 43.3 Å². The molecule has 0 aliphatic heterocycles. The van der Waals surface area contributed by atoms with E-state index in [1.807, 2.05) is 30.3 Å². The number of para-hydroxylation sites is 1. The summed E-state index contributed by atoms with van der Waals surface area (Å²) in [7, 11) is -0.807. The normalized spacial score (nSPS) is 11.7. The van der Waals surface area contributed by atoms with Crippen LogP contribution in [0.5, 0.6) is 11.5 Å². The van der Waals surface area contributed by atoms with Crippen molar-refractivity contribution in [2.75, 3.05) is 18.9 Å². The van der Waals surface area contributed by atoms with Crippen molar-refractivity contribution in [1.82, 2.24) is 4.57 Å². The Balaban J connectivity index is 1.83. The van der Waals surface area contributed by atoms with E-state index < -0.39 is 10.0 Å². The van der Waals surface area contributed by atoms with Crippen molar-refractivity contribution in [3.05, 3.63) is 60.7 Å². The summed E-state index contributed by atoms with van der Waals surface area (Å²) in [5.74, 6) is 0.947. The number of benzene rings is 3. The van der Waals surface area contributed by atoms with Crippen LogP contribution >= 0.6 is 0 Å². The van der Waals surface area contributed by atoms with E-state index >= 15 is 0 Å². The molecule has 0 atom stereocenters. The van der Waals surface area contributed by atoms with Crippen molar-refractivity contribution in [3.8, 4) is 11.5 Å². The second-order valence-corrected chi connectivity index (χ2v) is 8.29. The van der Waals surface area contributed by atoms with Gasteiger partial charge in [0.1, 0.15) is 11.5 Å². The van der Waals surface area contributed by atoms with Gasteiger partial charge in [-0.2, -0.15) is 0 Å². The van der Waals surface area contributed by atoms with Crippen molar-refractivity contribution in [2.24, 2.45) is 0 Å². The molecule has 3 aromatic carbocycles. The lowest BCUT2D eigenvalue weighted by molar-refractivity contribution is 0.405. The van der Waals surface area contributed by atoms with Gasteiger partial charge in [0.05, 0.1) is 24.8 Å². The first kappa shape index (κ1) is 19.1. The summed E-state index contributed by atoms with van der Waals surface area (Å²) in [5, 5.41) is 1.93. The van der Waals surface area contributed by atoms with Crippen LogP contribution in [-0.2, 0) is 16.6 Å². The Morgan fingerprint density at radius 2 is 1.66 bits per heavy atom. The number of anilines is 1. The zero-order chi connectivity index (χ0) is 20.6. The standard InChI is InChI=1S/C22H22N2O4S/c1-4-24-20-8-6-5-7-17(20)18-14-16(10-11-21(18)24)29(25,26)23-19-13-15(27-2)9-12-22(19)28-3/h5-14,23H,4H2,1-3H3. The van der Waals surface area contributed by atoms with Crippen molar-refractivity contribution in [3.63, 3.8) is 0 Å². The average Bonchev–Trinajstić information content (AvgIpc) is 3.06. The van der Waals surface area contributed by atoms with E-state index in [4.69, 9.17) is 9.47 Å². The lowest BCUT2D eigenvalue weighted by Gasteiger charge is -2.13. The average molecular weight is 410 g/mol. The van der Waals surface area contributed by atoms with Crippen LogP contribution in [-0.4, -0.2) is 27.2 Å². The lowest BCUT2D eigenvalue weighted by atomic mass is 10.1. The van der Waals surface area contributed by atoms with Gasteiger partial charge in [-0.3, -0.25) is 4.72 Å². The van der Waals surface area contributed by atoms with Crippen LogP contribution in [0.25, 0.3) is 21.8 Å². The Labute approximate surface area is 169 Å². The largest absolute Gasteiger partial charge is 0.497 e. The maximum atomic E-state index is 13.1. The van der Waals surface area contributed by atoms with Gasteiger partial charge in [0.15, 0.2) is 0 Å². The molecule has 1 heterocycles. The molecular formula is C22H22N2O4S. The quantitative estimate of drug-likeness (QED) is 0.503. The number of sulfonamides is 1. The highest BCUT2D eigenvalue weighted by molar-refractivity contribution is 7.92. The number of ether oxygens (including phenoxy) is 2. The topological polar surface area (TPSA) is 69.6 Å². The molecule has 0 fully saturated rings. The highest BCUT2D eigenvalue weighted by atomic mass is 32.2. The van der Waals surface area contributed by atoms with Crippen LogP contribution in [0.1, 0.15) is 6.92 Å². The number of rotatable bonds is 6. The molecule has 1 aromatic heterocycles. The highest BCUT2D eigenvalue weighted by Crippen LogP contribution is 2.33. The first-order valence-corrected chi connectivity index (χ1v) is 10.7. The molecule has 6 nitrogen and oxygen atoms in total. The van der Waals surface area contributed by atoms with Crippen LogP contribution in [0.15, 0.2) is 65.6 Å². The van der Waals surface area contributed by atoms with Gasteiger partial charge in [-0.15, -0.1) is 0 Å². The molecule has 7 heteroatoms. The number of aryl methyl sites for hydroxylation is 1. The van der Waals surface area contributed by atoms with Crippen LogP contribution in [0.4, 0.5) is 5.69 Å². The molecule has 150 valence electrons. The smallest absolute Gasteiger partial charge is 0.262 e. The molecule has 4 aromatic rings. The molecule has 29 heavy (non-hydrogen) atoms. The van der Waals surface area contributed by atoms with Gasteiger partial charge >= 0.3 is 0 Å². The minimum absolute atomic E-state index is 0.189. The lowest BCUT2D eigenvalue weighted by Crippen LogP contribution is -2.13. The summed E-state index contributed by atoms with van der Waals surface area (Å²) in [6, 6.07) is 18.2. The minimum atomic E-state index is -3.82. The van der Waals surface area contributed by atoms with Crippen molar-refractivity contribution in [2.45, 2.75) is 18.4 Å². The predicted molar refractivity (Wildman–Crippen MR) is 115 cm³/mol. The third-order valence-electron chi connectivity index (χ3n) is 5.02. The van der Waals surface area contributed by atoms with Crippen molar-refractivity contribution in [1.29, 1.82) is 0 Å². The van der Waals surface area contributed by atoms with Gasteiger partial charge < -0.3 is 14.0 Å². The third kappa shape index (κ3) is 3.27. The molecule has 0 amide bonds. The fourth-order valence-electron chi connectivity index (χ4n) is 3.64. The number of fused-ring (bicyclic) bond motifs is 3. The van der Waals surface area contributed by atoms with Gasteiger partial charge in [-0.1, -0.05) is 18.2 Å². The first-order chi connectivity index (χ1) is 14.0. The molecule has 0 unspecified atom stereocenters. The number of hydrogen-bond acceptors (Lipinski definition) is 4. The third-order valence-corrected chi connectivity index (χ3v) is 6.38. The number of nitrogens with zero attached hydrogens (tertiary/aromatic N) is 1. The Bertz CT molecular complexity index is 1310. The number of methoxy groups -OCH3 is 2. The summed E-state index contributed by atoms with van der Waals surface area (Å²) in [6.07, 6.45) is 0. The molecule has 0 aliphatic rings. The molecule has 0 radical (unpaired) electrons. The van der Waals surface area contributed by atoms with E-state index in [2.05, 4.69) is 16.2 Å². The maximum absolute atomic E-state index is 13.1. The Kier molecular flexibility index (Phi) is 4.84. The van der Waals surface area contributed by atoms with E-state index in [-0.39, 0.29) is 4.90 Å². The predicted octanol–water partition coefficient (Wildman–Crippen LogP) is 4.63. The van der Waals surface area contributed by atoms with Crippen LogP contribution in [0, 0.1) is 0 Å². The monoisotopic (exact) mass is 410 g/mol. The van der Waals surface area contributed by atoms with Gasteiger partial charge in [0, 0.05) is 34.4 Å². The van der Waals surface area contributed by atoms with Crippen LogP contribution < -0.4 is 14.2 Å². The fourth-order valence-corrected chi connectivity index (χ4v) is 4.73. The van der Waals surface area contributed by atoms with E-state index in [0.29, 0.717) is 17.2 Å². The molecule has 4 rings (SSSR count).